The van der Waals surface area contributed by atoms with Crippen molar-refractivity contribution in [2.45, 2.75) is 12.5 Å². The Morgan fingerprint density at radius 1 is 1.24 bits per heavy atom. The Bertz CT molecular complexity index is 730. The highest BCUT2D eigenvalue weighted by Gasteiger charge is 2.18. The molecule has 0 spiro atoms. The van der Waals surface area contributed by atoms with Crippen LogP contribution in [0.4, 0.5) is 5.69 Å². The topological polar surface area (TPSA) is 69.7 Å². The van der Waals surface area contributed by atoms with Gasteiger partial charge in [0.1, 0.15) is 17.6 Å². The number of amides is 1. The molecule has 0 aliphatic carbocycles. The Morgan fingerprint density at radius 2 is 2.12 bits per heavy atom. The van der Waals surface area contributed by atoms with Gasteiger partial charge in [0.05, 0.1) is 25.5 Å². The standard InChI is InChI=1S/C18H20N2O4S/c1-22-13-4-5-16(23-2)15(9-13)20-18(21)12-3-6-17(19-10-12)24-14-7-8-25-11-14/h3-6,9-10,14H,7-8,11H2,1-2H3,(H,20,21). The zero-order chi connectivity index (χ0) is 17.6. The fraction of sp³-hybridized carbons (Fsp3) is 0.333. The summed E-state index contributed by atoms with van der Waals surface area (Å²) in [5, 5.41) is 2.82. The number of nitrogens with one attached hydrogen (secondary N) is 1. The molecule has 2 aromatic rings. The van der Waals surface area contributed by atoms with Gasteiger partial charge in [0.2, 0.25) is 5.88 Å². The van der Waals surface area contributed by atoms with Crippen LogP contribution >= 0.6 is 11.8 Å². The Hall–Kier alpha value is -2.41. The van der Waals surface area contributed by atoms with E-state index in [4.69, 9.17) is 14.2 Å². The number of anilines is 1. The number of pyridine rings is 1. The highest BCUT2D eigenvalue weighted by molar-refractivity contribution is 7.99. The van der Waals surface area contributed by atoms with Gasteiger partial charge in [0.15, 0.2) is 0 Å². The molecule has 1 N–H and O–H groups in total. The van der Waals surface area contributed by atoms with Gasteiger partial charge in [-0.25, -0.2) is 4.98 Å². The maximum atomic E-state index is 12.4. The first-order chi connectivity index (χ1) is 12.2. The lowest BCUT2D eigenvalue weighted by molar-refractivity contribution is 0.102. The Morgan fingerprint density at radius 3 is 2.76 bits per heavy atom. The van der Waals surface area contributed by atoms with E-state index in [1.807, 2.05) is 11.8 Å². The van der Waals surface area contributed by atoms with Crippen LogP contribution in [0.1, 0.15) is 16.8 Å². The quantitative estimate of drug-likeness (QED) is 0.853. The van der Waals surface area contributed by atoms with Crippen LogP contribution in [0.15, 0.2) is 36.5 Å². The minimum absolute atomic E-state index is 0.207. The second-order valence-corrected chi connectivity index (χ2v) is 6.66. The van der Waals surface area contributed by atoms with Crippen molar-refractivity contribution in [1.82, 2.24) is 4.98 Å². The van der Waals surface area contributed by atoms with Gasteiger partial charge in [-0.05, 0) is 30.4 Å². The Balaban J connectivity index is 1.68. The molecule has 1 fully saturated rings. The molecule has 1 unspecified atom stereocenters. The first-order valence-corrected chi connectivity index (χ1v) is 9.09. The third-order valence-electron chi connectivity index (χ3n) is 3.83. The lowest BCUT2D eigenvalue weighted by Gasteiger charge is -2.13. The number of thioether (sulfide) groups is 1. The van der Waals surface area contributed by atoms with Crippen molar-refractivity contribution >= 4 is 23.4 Å². The maximum Gasteiger partial charge on any atom is 0.257 e. The van der Waals surface area contributed by atoms with Crippen molar-refractivity contribution in [2.24, 2.45) is 0 Å². The van der Waals surface area contributed by atoms with Crippen molar-refractivity contribution in [1.29, 1.82) is 0 Å². The third-order valence-corrected chi connectivity index (χ3v) is 4.96. The molecule has 0 saturated carbocycles. The van der Waals surface area contributed by atoms with Crippen LogP contribution in [-0.2, 0) is 0 Å². The smallest absolute Gasteiger partial charge is 0.257 e. The predicted octanol–water partition coefficient (Wildman–Crippen LogP) is 3.24. The fourth-order valence-corrected chi connectivity index (χ4v) is 3.56. The summed E-state index contributed by atoms with van der Waals surface area (Å²) in [7, 11) is 3.12. The van der Waals surface area contributed by atoms with Crippen molar-refractivity contribution < 1.29 is 19.0 Å². The summed E-state index contributed by atoms with van der Waals surface area (Å²) in [4.78, 5) is 16.7. The Kier molecular flexibility index (Phi) is 5.65. The van der Waals surface area contributed by atoms with Crippen LogP contribution in [0.2, 0.25) is 0 Å². The second kappa shape index (κ2) is 8.11. The van der Waals surface area contributed by atoms with Crippen LogP contribution in [0.25, 0.3) is 0 Å². The highest BCUT2D eigenvalue weighted by Crippen LogP contribution is 2.29. The number of ether oxygens (including phenoxy) is 3. The predicted molar refractivity (Wildman–Crippen MR) is 98.1 cm³/mol. The fourth-order valence-electron chi connectivity index (χ4n) is 2.47. The van der Waals surface area contributed by atoms with Gasteiger partial charge in [0, 0.05) is 24.1 Å². The minimum Gasteiger partial charge on any atom is -0.497 e. The number of methoxy groups -OCH3 is 2. The molecule has 1 aromatic heterocycles. The summed E-state index contributed by atoms with van der Waals surface area (Å²) in [6.07, 6.45) is 2.75. The maximum absolute atomic E-state index is 12.4. The average Bonchev–Trinajstić information content (AvgIpc) is 3.15. The van der Waals surface area contributed by atoms with E-state index in [0.29, 0.717) is 28.6 Å². The number of carbonyl (C=O) groups is 1. The van der Waals surface area contributed by atoms with Gasteiger partial charge in [-0.3, -0.25) is 4.79 Å². The van der Waals surface area contributed by atoms with Crippen LogP contribution in [-0.4, -0.2) is 42.7 Å². The number of nitrogens with zero attached hydrogens (tertiary/aromatic N) is 1. The van der Waals surface area contributed by atoms with Crippen molar-refractivity contribution in [3.8, 4) is 17.4 Å². The molecule has 2 heterocycles. The molecule has 1 saturated heterocycles. The number of aromatic nitrogens is 1. The first-order valence-electron chi connectivity index (χ1n) is 7.93. The molecule has 1 aliphatic heterocycles. The lowest BCUT2D eigenvalue weighted by Crippen LogP contribution is -2.16. The van der Waals surface area contributed by atoms with Crippen molar-refractivity contribution in [3.63, 3.8) is 0 Å². The second-order valence-electron chi connectivity index (χ2n) is 5.51. The van der Waals surface area contributed by atoms with E-state index in [2.05, 4.69) is 10.3 Å². The monoisotopic (exact) mass is 360 g/mol. The summed E-state index contributed by atoms with van der Waals surface area (Å²) >= 11 is 1.88. The molecule has 0 bridgehead atoms. The van der Waals surface area contributed by atoms with Gasteiger partial charge in [-0.15, -0.1) is 0 Å². The molecule has 0 radical (unpaired) electrons. The van der Waals surface area contributed by atoms with E-state index in [1.54, 1.807) is 44.6 Å². The Labute approximate surface area is 150 Å². The number of hydrogen-bond donors (Lipinski definition) is 1. The molecule has 6 nitrogen and oxygen atoms in total. The van der Waals surface area contributed by atoms with E-state index in [0.717, 1.165) is 17.9 Å². The van der Waals surface area contributed by atoms with Gasteiger partial charge in [0.25, 0.3) is 5.91 Å². The van der Waals surface area contributed by atoms with E-state index in [1.165, 1.54) is 6.20 Å². The van der Waals surface area contributed by atoms with E-state index < -0.39 is 0 Å². The van der Waals surface area contributed by atoms with E-state index >= 15 is 0 Å². The van der Waals surface area contributed by atoms with Crippen LogP contribution in [0.5, 0.6) is 17.4 Å². The van der Waals surface area contributed by atoms with Crippen LogP contribution in [0.3, 0.4) is 0 Å². The summed E-state index contributed by atoms with van der Waals surface area (Å²) in [5.41, 5.74) is 0.980. The minimum atomic E-state index is -0.276. The lowest BCUT2D eigenvalue weighted by atomic mass is 10.2. The molecule has 7 heteroatoms. The normalized spacial score (nSPS) is 16.3. The molecular weight excluding hydrogens is 340 g/mol. The van der Waals surface area contributed by atoms with Crippen LogP contribution in [0, 0.1) is 0 Å². The molecule has 25 heavy (non-hydrogen) atoms. The van der Waals surface area contributed by atoms with E-state index in [9.17, 15) is 4.79 Å². The number of benzene rings is 1. The van der Waals surface area contributed by atoms with Gasteiger partial charge >= 0.3 is 0 Å². The molecule has 1 atom stereocenters. The van der Waals surface area contributed by atoms with Crippen molar-refractivity contribution in [2.75, 3.05) is 31.0 Å². The molecule has 3 rings (SSSR count). The first kappa shape index (κ1) is 17.4. The molecule has 132 valence electrons. The zero-order valence-corrected chi connectivity index (χ0v) is 15.0. The van der Waals surface area contributed by atoms with Crippen LogP contribution < -0.4 is 19.5 Å². The largest absolute Gasteiger partial charge is 0.497 e. The summed E-state index contributed by atoms with van der Waals surface area (Å²) < 4.78 is 16.2. The van der Waals surface area contributed by atoms with E-state index in [-0.39, 0.29) is 12.0 Å². The average molecular weight is 360 g/mol. The van der Waals surface area contributed by atoms with Gasteiger partial charge in [-0.1, -0.05) is 0 Å². The van der Waals surface area contributed by atoms with Crippen molar-refractivity contribution in [3.05, 3.63) is 42.1 Å². The van der Waals surface area contributed by atoms with Gasteiger partial charge in [-0.2, -0.15) is 11.8 Å². The molecule has 1 amide bonds. The summed E-state index contributed by atoms with van der Waals surface area (Å²) in [5.74, 6) is 3.56. The number of rotatable bonds is 6. The number of hydrogen-bond acceptors (Lipinski definition) is 6. The number of carbonyl (C=O) groups excluding carboxylic acids is 1. The summed E-state index contributed by atoms with van der Waals surface area (Å²) in [6, 6.07) is 8.64. The SMILES string of the molecule is COc1ccc(OC)c(NC(=O)c2ccc(OC3CCSC3)nc2)c1. The molecule has 1 aromatic carbocycles. The zero-order valence-electron chi connectivity index (χ0n) is 14.2. The van der Waals surface area contributed by atoms with Gasteiger partial charge < -0.3 is 19.5 Å². The summed E-state index contributed by atoms with van der Waals surface area (Å²) in [6.45, 7) is 0. The molecular formula is C18H20N2O4S. The highest BCUT2D eigenvalue weighted by atomic mass is 32.2. The third kappa shape index (κ3) is 4.36. The molecule has 1 aliphatic rings.